The molecule has 0 spiro atoms. The van der Waals surface area contributed by atoms with E-state index >= 15 is 0 Å². The van der Waals surface area contributed by atoms with Gasteiger partial charge in [-0.15, -0.1) is 12.3 Å². The van der Waals surface area contributed by atoms with Gasteiger partial charge in [0, 0.05) is 31.1 Å². The summed E-state index contributed by atoms with van der Waals surface area (Å²) in [6.45, 7) is 5.55. The minimum absolute atomic E-state index is 0.393. The molecule has 1 aliphatic heterocycles. The van der Waals surface area contributed by atoms with Gasteiger partial charge in [0.05, 0.1) is 0 Å². The molecule has 3 atom stereocenters. The van der Waals surface area contributed by atoms with Crippen LogP contribution in [0.2, 0.25) is 0 Å². The van der Waals surface area contributed by atoms with Crippen molar-refractivity contribution >= 4 is 0 Å². The van der Waals surface area contributed by atoms with E-state index < -0.39 is 0 Å². The molecule has 1 heterocycles. The zero-order valence-corrected chi connectivity index (χ0v) is 8.66. The molecule has 2 nitrogen and oxygen atoms in total. The van der Waals surface area contributed by atoms with Gasteiger partial charge in [0.15, 0.2) is 0 Å². The first-order chi connectivity index (χ1) is 6.15. The van der Waals surface area contributed by atoms with Crippen LogP contribution in [0.5, 0.6) is 0 Å². The standard InChI is InChI=1S/C11H20N2/c1-4-5-9(2)13-7-6-11(12)8-10(13)3/h1,9-11H,5-8,12H2,2-3H3. The summed E-state index contributed by atoms with van der Waals surface area (Å²) >= 11 is 0. The largest absolute Gasteiger partial charge is 0.328 e. The molecule has 0 amide bonds. The van der Waals surface area contributed by atoms with Gasteiger partial charge in [-0.25, -0.2) is 0 Å². The Morgan fingerprint density at radius 1 is 1.69 bits per heavy atom. The van der Waals surface area contributed by atoms with Crippen molar-refractivity contribution in [2.75, 3.05) is 6.54 Å². The van der Waals surface area contributed by atoms with E-state index in [0.29, 0.717) is 18.1 Å². The number of nitrogens with two attached hydrogens (primary N) is 1. The average Bonchev–Trinajstić information content (AvgIpc) is 2.04. The van der Waals surface area contributed by atoms with Gasteiger partial charge in [-0.1, -0.05) is 0 Å². The highest BCUT2D eigenvalue weighted by atomic mass is 15.2. The minimum atomic E-state index is 0.393. The van der Waals surface area contributed by atoms with Crippen molar-refractivity contribution in [2.24, 2.45) is 5.73 Å². The Bertz CT molecular complexity index is 195. The van der Waals surface area contributed by atoms with E-state index in [1.807, 2.05) is 0 Å². The maximum Gasteiger partial charge on any atom is 0.0240 e. The summed E-state index contributed by atoms with van der Waals surface area (Å²) in [5, 5.41) is 0. The highest BCUT2D eigenvalue weighted by Gasteiger charge is 2.25. The van der Waals surface area contributed by atoms with E-state index in [2.05, 4.69) is 24.7 Å². The fraction of sp³-hybridized carbons (Fsp3) is 0.818. The van der Waals surface area contributed by atoms with Gasteiger partial charge in [0.25, 0.3) is 0 Å². The van der Waals surface area contributed by atoms with Crippen molar-refractivity contribution in [3.05, 3.63) is 0 Å². The molecule has 3 unspecified atom stereocenters. The molecule has 1 fully saturated rings. The van der Waals surface area contributed by atoms with E-state index in [9.17, 15) is 0 Å². The van der Waals surface area contributed by atoms with Crippen molar-refractivity contribution < 1.29 is 0 Å². The summed E-state index contributed by atoms with van der Waals surface area (Å²) in [6.07, 6.45) is 8.37. The lowest BCUT2D eigenvalue weighted by Gasteiger charge is -2.39. The first-order valence-electron chi connectivity index (χ1n) is 5.10. The molecule has 1 aliphatic rings. The number of likely N-dealkylation sites (tertiary alicyclic amines) is 1. The second-order valence-electron chi connectivity index (χ2n) is 4.13. The lowest BCUT2D eigenvalue weighted by molar-refractivity contribution is 0.106. The number of piperidine rings is 1. The molecule has 1 saturated heterocycles. The molecule has 0 saturated carbocycles. The summed E-state index contributed by atoms with van der Waals surface area (Å²) in [5.41, 5.74) is 5.89. The van der Waals surface area contributed by atoms with Crippen LogP contribution in [0.25, 0.3) is 0 Å². The van der Waals surface area contributed by atoms with Gasteiger partial charge in [0.2, 0.25) is 0 Å². The lowest BCUT2D eigenvalue weighted by atomic mass is 9.97. The molecule has 13 heavy (non-hydrogen) atoms. The quantitative estimate of drug-likeness (QED) is 0.647. The van der Waals surface area contributed by atoms with Gasteiger partial charge in [-0.2, -0.15) is 0 Å². The Hall–Kier alpha value is -0.520. The normalized spacial score (nSPS) is 32.5. The predicted octanol–water partition coefficient (Wildman–Crippen LogP) is 1.21. The van der Waals surface area contributed by atoms with Crippen LogP contribution in [0.4, 0.5) is 0 Å². The molecule has 1 rings (SSSR count). The fourth-order valence-corrected chi connectivity index (χ4v) is 2.17. The zero-order valence-electron chi connectivity index (χ0n) is 8.66. The summed E-state index contributed by atoms with van der Waals surface area (Å²) in [6, 6.07) is 1.49. The number of hydrogen-bond donors (Lipinski definition) is 1. The van der Waals surface area contributed by atoms with E-state index in [-0.39, 0.29) is 0 Å². The molecule has 2 N–H and O–H groups in total. The van der Waals surface area contributed by atoms with Crippen LogP contribution in [-0.2, 0) is 0 Å². The molecule has 2 heteroatoms. The monoisotopic (exact) mass is 180 g/mol. The maximum atomic E-state index is 5.89. The predicted molar refractivity (Wildman–Crippen MR) is 56.3 cm³/mol. The van der Waals surface area contributed by atoms with Gasteiger partial charge in [-0.3, -0.25) is 4.90 Å². The Morgan fingerprint density at radius 2 is 2.38 bits per heavy atom. The third kappa shape index (κ3) is 2.72. The van der Waals surface area contributed by atoms with Gasteiger partial charge < -0.3 is 5.73 Å². The third-order valence-electron chi connectivity index (χ3n) is 2.95. The van der Waals surface area contributed by atoms with Gasteiger partial charge in [-0.05, 0) is 26.7 Å². The second kappa shape index (κ2) is 4.64. The Balaban J connectivity index is 2.46. The zero-order chi connectivity index (χ0) is 9.84. The van der Waals surface area contributed by atoms with Crippen LogP contribution in [0.3, 0.4) is 0 Å². The van der Waals surface area contributed by atoms with Gasteiger partial charge >= 0.3 is 0 Å². The molecule has 0 bridgehead atoms. The Labute approximate surface area is 81.5 Å². The maximum absolute atomic E-state index is 5.89. The fourth-order valence-electron chi connectivity index (χ4n) is 2.17. The summed E-state index contributed by atoms with van der Waals surface area (Å²) < 4.78 is 0. The van der Waals surface area contributed by atoms with Crippen molar-refractivity contribution in [3.8, 4) is 12.3 Å². The third-order valence-corrected chi connectivity index (χ3v) is 2.95. The molecule has 0 aromatic carbocycles. The minimum Gasteiger partial charge on any atom is -0.328 e. The number of nitrogens with zero attached hydrogens (tertiary/aromatic N) is 1. The smallest absolute Gasteiger partial charge is 0.0240 e. The summed E-state index contributed by atoms with van der Waals surface area (Å²) in [5.74, 6) is 2.72. The Morgan fingerprint density at radius 3 is 2.92 bits per heavy atom. The van der Waals surface area contributed by atoms with Crippen molar-refractivity contribution in [3.63, 3.8) is 0 Å². The lowest BCUT2D eigenvalue weighted by Crippen LogP contribution is -2.49. The van der Waals surface area contributed by atoms with Crippen LogP contribution in [-0.4, -0.2) is 29.6 Å². The molecule has 0 aromatic heterocycles. The van der Waals surface area contributed by atoms with Crippen LogP contribution < -0.4 is 5.73 Å². The van der Waals surface area contributed by atoms with E-state index in [1.165, 1.54) is 0 Å². The van der Waals surface area contributed by atoms with Crippen LogP contribution >= 0.6 is 0 Å². The van der Waals surface area contributed by atoms with Crippen LogP contribution in [0, 0.1) is 12.3 Å². The number of hydrogen-bond acceptors (Lipinski definition) is 2. The first kappa shape index (κ1) is 10.6. The summed E-state index contributed by atoms with van der Waals surface area (Å²) in [7, 11) is 0. The van der Waals surface area contributed by atoms with Crippen molar-refractivity contribution in [1.29, 1.82) is 0 Å². The molecule has 74 valence electrons. The molecule has 0 aliphatic carbocycles. The SMILES string of the molecule is C#CCC(C)N1CCC(N)CC1C. The van der Waals surface area contributed by atoms with Crippen molar-refractivity contribution in [1.82, 2.24) is 4.90 Å². The molecule has 0 radical (unpaired) electrons. The highest BCUT2D eigenvalue weighted by molar-refractivity contribution is 4.92. The van der Waals surface area contributed by atoms with Crippen LogP contribution in [0.1, 0.15) is 33.1 Å². The highest BCUT2D eigenvalue weighted by Crippen LogP contribution is 2.19. The number of rotatable bonds is 2. The van der Waals surface area contributed by atoms with E-state index in [1.54, 1.807) is 0 Å². The summed E-state index contributed by atoms with van der Waals surface area (Å²) in [4.78, 5) is 2.48. The van der Waals surface area contributed by atoms with Crippen LogP contribution in [0.15, 0.2) is 0 Å². The van der Waals surface area contributed by atoms with Crippen molar-refractivity contribution in [2.45, 2.75) is 51.2 Å². The molecular weight excluding hydrogens is 160 g/mol. The van der Waals surface area contributed by atoms with E-state index in [0.717, 1.165) is 25.8 Å². The molecular formula is C11H20N2. The number of terminal acetylenes is 1. The second-order valence-corrected chi connectivity index (χ2v) is 4.13. The van der Waals surface area contributed by atoms with E-state index in [4.69, 9.17) is 12.2 Å². The topological polar surface area (TPSA) is 29.3 Å². The average molecular weight is 180 g/mol. The first-order valence-corrected chi connectivity index (χ1v) is 5.10. The van der Waals surface area contributed by atoms with Gasteiger partial charge in [0.1, 0.15) is 0 Å². The Kier molecular flexibility index (Phi) is 3.77. The molecule has 0 aromatic rings.